The maximum Gasteiger partial charge on any atom is 0.306 e. The van der Waals surface area contributed by atoms with Crippen molar-refractivity contribution in [1.29, 1.82) is 0 Å². The van der Waals surface area contributed by atoms with E-state index in [1.165, 1.54) is 6.92 Å². The summed E-state index contributed by atoms with van der Waals surface area (Å²) in [4.78, 5) is 22.0. The average molecular weight is 272 g/mol. The molecule has 1 saturated heterocycles. The summed E-state index contributed by atoms with van der Waals surface area (Å²) < 4.78 is 11.0. The third-order valence-electron chi connectivity index (χ3n) is 3.78. The molecule has 0 bridgehead atoms. The van der Waals surface area contributed by atoms with E-state index in [-0.39, 0.29) is 30.5 Å². The molecular weight excluding hydrogens is 248 g/mol. The Hall–Kier alpha value is -1.10. The number of aliphatic carboxylic acids is 1. The number of carbonyl (C=O) groups excluding carboxylic acids is 1. The summed E-state index contributed by atoms with van der Waals surface area (Å²) >= 11 is 0. The molecule has 0 aromatic carbocycles. The summed E-state index contributed by atoms with van der Waals surface area (Å²) in [5.41, 5.74) is -0.970. The number of hydrogen-bond acceptors (Lipinski definition) is 4. The van der Waals surface area contributed by atoms with Crippen LogP contribution in [-0.4, -0.2) is 35.4 Å². The highest BCUT2D eigenvalue weighted by Gasteiger charge is 2.48. The number of carbonyl (C=O) groups is 2. The molecule has 110 valence electrons. The normalized spacial score (nSPS) is 27.9. The average Bonchev–Trinajstić information content (AvgIpc) is 2.24. The largest absolute Gasteiger partial charge is 0.481 e. The van der Waals surface area contributed by atoms with Gasteiger partial charge in [-0.15, -0.1) is 0 Å². The molecule has 1 heterocycles. The smallest absolute Gasteiger partial charge is 0.306 e. The molecule has 1 aliphatic heterocycles. The van der Waals surface area contributed by atoms with Gasteiger partial charge in [-0.1, -0.05) is 20.8 Å². The molecule has 0 saturated carbocycles. The molecule has 19 heavy (non-hydrogen) atoms. The van der Waals surface area contributed by atoms with Crippen LogP contribution in [0.25, 0.3) is 0 Å². The zero-order valence-corrected chi connectivity index (χ0v) is 12.2. The molecule has 0 radical (unpaired) electrons. The monoisotopic (exact) mass is 272 g/mol. The Kier molecular flexibility index (Phi) is 4.96. The number of carboxylic acid groups (broad SMARTS) is 1. The zero-order chi connectivity index (χ0) is 14.7. The standard InChI is InChI=1S/C14H24O5/c1-10(15)18-9-11-6-5-7-14(19-11,8-12(16)17)13(2,3)4/h11H,5-9H2,1-4H3,(H,16,17). The second-order valence-corrected chi connectivity index (χ2v) is 6.25. The van der Waals surface area contributed by atoms with E-state index in [0.717, 1.165) is 19.3 Å². The van der Waals surface area contributed by atoms with E-state index in [0.29, 0.717) is 0 Å². The van der Waals surface area contributed by atoms with Crippen molar-refractivity contribution in [3.63, 3.8) is 0 Å². The Morgan fingerprint density at radius 1 is 1.42 bits per heavy atom. The number of hydrogen-bond donors (Lipinski definition) is 1. The second kappa shape index (κ2) is 5.90. The van der Waals surface area contributed by atoms with Gasteiger partial charge < -0.3 is 14.6 Å². The van der Waals surface area contributed by atoms with Crippen LogP contribution in [0.1, 0.15) is 53.4 Å². The molecule has 5 nitrogen and oxygen atoms in total. The van der Waals surface area contributed by atoms with Crippen LogP contribution in [0.15, 0.2) is 0 Å². The van der Waals surface area contributed by atoms with Gasteiger partial charge in [-0.2, -0.15) is 0 Å². The van der Waals surface area contributed by atoms with E-state index >= 15 is 0 Å². The fraction of sp³-hybridized carbons (Fsp3) is 0.857. The summed E-state index contributed by atoms with van der Waals surface area (Å²) in [6, 6.07) is 0. The van der Waals surface area contributed by atoms with Gasteiger partial charge in [0.05, 0.1) is 18.1 Å². The first-order valence-electron chi connectivity index (χ1n) is 6.69. The minimum Gasteiger partial charge on any atom is -0.481 e. The molecule has 1 fully saturated rings. The van der Waals surface area contributed by atoms with Gasteiger partial charge in [-0.3, -0.25) is 9.59 Å². The first kappa shape index (κ1) is 16.0. The Morgan fingerprint density at radius 3 is 2.53 bits per heavy atom. The summed E-state index contributed by atoms with van der Waals surface area (Å²) in [6.07, 6.45) is 2.17. The Balaban J connectivity index is 2.80. The molecule has 0 aromatic rings. The maximum atomic E-state index is 11.1. The van der Waals surface area contributed by atoms with Crippen LogP contribution < -0.4 is 0 Å². The molecule has 2 unspecified atom stereocenters. The molecule has 1 rings (SSSR count). The zero-order valence-electron chi connectivity index (χ0n) is 12.2. The summed E-state index contributed by atoms with van der Waals surface area (Å²) in [5.74, 6) is -1.20. The first-order chi connectivity index (χ1) is 8.66. The van der Waals surface area contributed by atoms with Gasteiger partial charge in [0.1, 0.15) is 6.61 Å². The Labute approximate surface area is 114 Å². The highest BCUT2D eigenvalue weighted by molar-refractivity contribution is 5.68. The summed E-state index contributed by atoms with van der Waals surface area (Å²) in [5, 5.41) is 9.13. The second-order valence-electron chi connectivity index (χ2n) is 6.25. The molecule has 0 aromatic heterocycles. The van der Waals surface area contributed by atoms with Crippen LogP contribution in [0.4, 0.5) is 0 Å². The summed E-state index contributed by atoms with van der Waals surface area (Å²) in [7, 11) is 0. The Morgan fingerprint density at radius 2 is 2.05 bits per heavy atom. The van der Waals surface area contributed by atoms with Crippen molar-refractivity contribution >= 4 is 11.9 Å². The quantitative estimate of drug-likeness (QED) is 0.795. The van der Waals surface area contributed by atoms with Gasteiger partial charge in [0.2, 0.25) is 0 Å². The van der Waals surface area contributed by atoms with E-state index in [2.05, 4.69) is 0 Å². The van der Waals surface area contributed by atoms with Crippen molar-refractivity contribution in [2.45, 2.75) is 65.1 Å². The maximum absolute atomic E-state index is 11.1. The molecular formula is C14H24O5. The van der Waals surface area contributed by atoms with Gasteiger partial charge in [0.15, 0.2) is 0 Å². The van der Waals surface area contributed by atoms with E-state index in [1.54, 1.807) is 0 Å². The van der Waals surface area contributed by atoms with Crippen molar-refractivity contribution < 1.29 is 24.2 Å². The predicted molar refractivity (Wildman–Crippen MR) is 69.8 cm³/mol. The highest BCUT2D eigenvalue weighted by Crippen LogP contribution is 2.44. The van der Waals surface area contributed by atoms with Crippen molar-refractivity contribution in [2.75, 3.05) is 6.61 Å². The van der Waals surface area contributed by atoms with Crippen LogP contribution in [-0.2, 0) is 19.1 Å². The van der Waals surface area contributed by atoms with Gasteiger partial charge >= 0.3 is 11.9 Å². The lowest BCUT2D eigenvalue weighted by molar-refractivity contribution is -0.205. The lowest BCUT2D eigenvalue weighted by atomic mass is 9.70. The van der Waals surface area contributed by atoms with E-state index in [9.17, 15) is 9.59 Å². The molecule has 0 spiro atoms. The molecule has 5 heteroatoms. The van der Waals surface area contributed by atoms with Crippen molar-refractivity contribution in [2.24, 2.45) is 5.41 Å². The summed E-state index contributed by atoms with van der Waals surface area (Å²) in [6.45, 7) is 7.53. The lowest BCUT2D eigenvalue weighted by Crippen LogP contribution is -2.52. The fourth-order valence-electron chi connectivity index (χ4n) is 2.57. The van der Waals surface area contributed by atoms with Gasteiger partial charge in [0.25, 0.3) is 0 Å². The third kappa shape index (κ3) is 4.20. The van der Waals surface area contributed by atoms with Crippen LogP contribution in [0.3, 0.4) is 0 Å². The van der Waals surface area contributed by atoms with Gasteiger partial charge in [0, 0.05) is 6.92 Å². The van der Waals surface area contributed by atoms with Crippen LogP contribution in [0.2, 0.25) is 0 Å². The number of rotatable bonds is 4. The topological polar surface area (TPSA) is 72.8 Å². The molecule has 2 atom stereocenters. The van der Waals surface area contributed by atoms with Gasteiger partial charge in [-0.25, -0.2) is 0 Å². The minimum absolute atomic E-state index is 0.0208. The van der Waals surface area contributed by atoms with Crippen LogP contribution in [0.5, 0.6) is 0 Å². The van der Waals surface area contributed by atoms with Crippen molar-refractivity contribution in [1.82, 2.24) is 0 Å². The van der Waals surface area contributed by atoms with E-state index < -0.39 is 11.6 Å². The van der Waals surface area contributed by atoms with Crippen molar-refractivity contribution in [3.8, 4) is 0 Å². The lowest BCUT2D eigenvalue weighted by Gasteiger charge is -2.48. The molecule has 1 aliphatic rings. The molecule has 1 N–H and O–H groups in total. The fourth-order valence-corrected chi connectivity index (χ4v) is 2.57. The third-order valence-corrected chi connectivity index (χ3v) is 3.78. The van der Waals surface area contributed by atoms with E-state index in [1.807, 2.05) is 20.8 Å². The highest BCUT2D eigenvalue weighted by atomic mass is 16.6. The van der Waals surface area contributed by atoms with E-state index in [4.69, 9.17) is 14.6 Å². The van der Waals surface area contributed by atoms with Crippen molar-refractivity contribution in [3.05, 3.63) is 0 Å². The molecule has 0 aliphatic carbocycles. The van der Waals surface area contributed by atoms with Crippen LogP contribution in [0, 0.1) is 5.41 Å². The number of esters is 1. The number of ether oxygens (including phenoxy) is 2. The molecule has 0 amide bonds. The number of carboxylic acids is 1. The van der Waals surface area contributed by atoms with Gasteiger partial charge in [-0.05, 0) is 24.7 Å². The Bertz CT molecular complexity index is 344. The first-order valence-corrected chi connectivity index (χ1v) is 6.69. The SMILES string of the molecule is CC(=O)OCC1CCCC(CC(=O)O)(C(C)(C)C)O1. The van der Waals surface area contributed by atoms with Crippen LogP contribution >= 0.6 is 0 Å². The predicted octanol–water partition coefficient (Wildman–Crippen LogP) is 2.38. The minimum atomic E-state index is -0.858.